The Kier molecular flexibility index (Phi) is 7.13. The maximum absolute atomic E-state index is 12.9. The van der Waals surface area contributed by atoms with Crippen LogP contribution in [0.5, 0.6) is 0 Å². The molecule has 3 N–H and O–H groups in total. The molecule has 0 spiro atoms. The fourth-order valence-electron chi connectivity index (χ4n) is 3.92. The number of aromatic nitrogens is 7. The zero-order valence-electron chi connectivity index (χ0n) is 19.5. The third kappa shape index (κ3) is 5.78. The van der Waals surface area contributed by atoms with E-state index in [1.54, 1.807) is 48.9 Å². The molecule has 0 unspecified atom stereocenters. The van der Waals surface area contributed by atoms with E-state index < -0.39 is 6.04 Å². The molecule has 2 amide bonds. The molecule has 186 valence electrons. The number of tetrazole rings is 1. The lowest BCUT2D eigenvalue weighted by atomic mass is 10.1. The second-order valence-electron chi connectivity index (χ2n) is 8.25. The first-order chi connectivity index (χ1) is 18.1. The number of rotatable bonds is 4. The summed E-state index contributed by atoms with van der Waals surface area (Å²) in [7, 11) is 0. The van der Waals surface area contributed by atoms with Gasteiger partial charge in [0.1, 0.15) is 12.2 Å². The molecule has 4 aromatic rings. The third-order valence-corrected chi connectivity index (χ3v) is 5.94. The smallest absolute Gasteiger partial charge is 0.244 e. The summed E-state index contributed by atoms with van der Waals surface area (Å²) in [5.74, 6) is 0.173. The summed E-state index contributed by atoms with van der Waals surface area (Å²) in [5, 5.41) is 17.7. The van der Waals surface area contributed by atoms with Crippen LogP contribution in [0.4, 0.5) is 5.69 Å². The molecular weight excluding hydrogens is 494 g/mol. The topological polar surface area (TPSA) is 143 Å². The molecule has 0 saturated carbocycles. The van der Waals surface area contributed by atoms with E-state index in [9.17, 15) is 9.59 Å². The molecule has 1 aromatic carbocycles. The lowest BCUT2D eigenvalue weighted by Gasteiger charge is -2.14. The number of H-pyrrole nitrogens is 1. The van der Waals surface area contributed by atoms with Gasteiger partial charge >= 0.3 is 0 Å². The maximum Gasteiger partial charge on any atom is 0.244 e. The van der Waals surface area contributed by atoms with Gasteiger partial charge in [0.05, 0.1) is 35.5 Å². The Morgan fingerprint density at radius 3 is 3.00 bits per heavy atom. The predicted molar refractivity (Wildman–Crippen MR) is 138 cm³/mol. The van der Waals surface area contributed by atoms with Crippen LogP contribution in [-0.4, -0.2) is 47.0 Å². The number of halogens is 1. The Morgan fingerprint density at radius 2 is 2.14 bits per heavy atom. The summed E-state index contributed by atoms with van der Waals surface area (Å²) < 4.78 is 1.49. The number of carbonyl (C=O) groups is 2. The van der Waals surface area contributed by atoms with Gasteiger partial charge in [-0.25, -0.2) is 4.98 Å². The Balaban J connectivity index is 1.39. The Morgan fingerprint density at radius 1 is 1.22 bits per heavy atom. The van der Waals surface area contributed by atoms with Crippen LogP contribution in [0, 0.1) is 0 Å². The number of imidazole rings is 1. The van der Waals surface area contributed by atoms with Gasteiger partial charge in [0.15, 0.2) is 0 Å². The molecule has 0 aliphatic carbocycles. The number of benzene rings is 1. The van der Waals surface area contributed by atoms with Gasteiger partial charge < -0.3 is 15.6 Å². The first-order valence-corrected chi connectivity index (χ1v) is 11.9. The van der Waals surface area contributed by atoms with E-state index in [1.165, 1.54) is 17.1 Å². The highest BCUT2D eigenvalue weighted by molar-refractivity contribution is 6.30. The summed E-state index contributed by atoms with van der Waals surface area (Å²) in [6.07, 6.45) is 14.7. The number of pyridine rings is 1. The van der Waals surface area contributed by atoms with Gasteiger partial charge in [0.25, 0.3) is 0 Å². The van der Waals surface area contributed by atoms with Gasteiger partial charge in [-0.05, 0) is 53.6 Å². The molecule has 1 aliphatic rings. The highest BCUT2D eigenvalue weighted by Gasteiger charge is 2.18. The second kappa shape index (κ2) is 11.0. The van der Waals surface area contributed by atoms with Crippen molar-refractivity contribution in [1.29, 1.82) is 0 Å². The first-order valence-electron chi connectivity index (χ1n) is 11.5. The molecule has 1 atom stereocenters. The van der Waals surface area contributed by atoms with E-state index in [0.717, 1.165) is 5.56 Å². The third-order valence-electron chi connectivity index (χ3n) is 5.70. The Hall–Kier alpha value is -4.64. The van der Waals surface area contributed by atoms with Crippen molar-refractivity contribution < 1.29 is 9.59 Å². The minimum Gasteiger partial charge on any atom is -0.342 e. The molecule has 4 heterocycles. The van der Waals surface area contributed by atoms with Crippen LogP contribution in [0.2, 0.25) is 5.02 Å². The lowest BCUT2D eigenvalue weighted by Crippen LogP contribution is -2.27. The fraction of sp³-hybridized carbons (Fsp3) is 0.160. The number of aromatic amines is 1. The van der Waals surface area contributed by atoms with Crippen molar-refractivity contribution in [3.8, 4) is 16.9 Å². The molecule has 0 radical (unpaired) electrons. The predicted octanol–water partition coefficient (Wildman–Crippen LogP) is 3.65. The molecule has 2 bridgehead atoms. The minimum absolute atomic E-state index is 0.102. The van der Waals surface area contributed by atoms with Gasteiger partial charge in [-0.2, -0.15) is 4.68 Å². The minimum atomic E-state index is -0.421. The highest BCUT2D eigenvalue weighted by atomic mass is 35.5. The van der Waals surface area contributed by atoms with E-state index in [-0.39, 0.29) is 11.8 Å². The van der Waals surface area contributed by atoms with Gasteiger partial charge in [0.2, 0.25) is 11.8 Å². The van der Waals surface area contributed by atoms with Gasteiger partial charge in [-0.1, -0.05) is 23.8 Å². The molecule has 5 rings (SSSR count). The zero-order valence-corrected chi connectivity index (χ0v) is 20.3. The molecule has 37 heavy (non-hydrogen) atoms. The SMILES string of the molecule is O=C(/C=C/c1cc(Cl)ccc1-n1cnnn1)N[C@H]1CC=CCCC(=O)Nc2cnccc2-c2cnc1[nH]2. The number of fused-ring (bicyclic) bond motifs is 4. The number of allylic oxidation sites excluding steroid dienone is 1. The number of carbonyl (C=O) groups excluding carboxylic acids is 2. The van der Waals surface area contributed by atoms with Gasteiger partial charge in [-0.3, -0.25) is 14.6 Å². The molecule has 1 aliphatic heterocycles. The van der Waals surface area contributed by atoms with Crippen molar-refractivity contribution in [2.24, 2.45) is 0 Å². The number of hydrogen-bond donors (Lipinski definition) is 3. The molecule has 0 saturated heterocycles. The number of anilines is 1. The van der Waals surface area contributed by atoms with Gasteiger partial charge in [-0.15, -0.1) is 5.10 Å². The van der Waals surface area contributed by atoms with Crippen molar-refractivity contribution in [2.75, 3.05) is 5.32 Å². The average molecular weight is 516 g/mol. The molecular formula is C25H22ClN9O2. The average Bonchev–Trinajstić information content (AvgIpc) is 3.60. The van der Waals surface area contributed by atoms with Crippen LogP contribution < -0.4 is 10.6 Å². The summed E-state index contributed by atoms with van der Waals surface area (Å²) in [6.45, 7) is 0. The van der Waals surface area contributed by atoms with E-state index in [4.69, 9.17) is 11.6 Å². The number of amides is 2. The maximum atomic E-state index is 12.9. The lowest BCUT2D eigenvalue weighted by molar-refractivity contribution is -0.117. The van der Waals surface area contributed by atoms with E-state index in [1.807, 2.05) is 12.2 Å². The summed E-state index contributed by atoms with van der Waals surface area (Å²) in [5.41, 5.74) is 3.41. The number of nitrogens with zero attached hydrogens (tertiary/aromatic N) is 6. The van der Waals surface area contributed by atoms with Crippen LogP contribution in [0.15, 0.2) is 67.4 Å². The summed E-state index contributed by atoms with van der Waals surface area (Å²) >= 11 is 6.17. The van der Waals surface area contributed by atoms with Crippen LogP contribution in [0.1, 0.15) is 36.7 Å². The first kappa shape index (κ1) is 24.1. The molecule has 0 fully saturated rings. The van der Waals surface area contributed by atoms with E-state index >= 15 is 0 Å². The standard InChI is InChI=1S/C25H22ClN9O2/c26-17-7-8-22(35-15-29-33-34-35)16(12-17)6-9-24(37)30-19-4-2-1-3-5-23(36)31-20-13-27-11-10-18(20)21-14-28-25(19)32-21/h1-2,6-15,19H,3-5H2,(H,28,32)(H,30,37)(H,31,36)/b2-1?,9-6+/t19-/m0/s1. The van der Waals surface area contributed by atoms with Crippen LogP contribution in [0.25, 0.3) is 23.0 Å². The van der Waals surface area contributed by atoms with Gasteiger partial charge in [0, 0.05) is 34.8 Å². The van der Waals surface area contributed by atoms with Crippen molar-refractivity contribution in [2.45, 2.75) is 25.3 Å². The Bertz CT molecular complexity index is 1480. The van der Waals surface area contributed by atoms with Crippen molar-refractivity contribution >= 4 is 35.2 Å². The summed E-state index contributed by atoms with van der Waals surface area (Å²) in [6, 6.07) is 6.60. The quantitative estimate of drug-likeness (QED) is 0.278. The molecule has 12 heteroatoms. The van der Waals surface area contributed by atoms with Crippen LogP contribution in [0.3, 0.4) is 0 Å². The van der Waals surface area contributed by atoms with Crippen molar-refractivity contribution in [3.05, 3.63) is 83.8 Å². The number of hydrogen-bond acceptors (Lipinski definition) is 7. The largest absolute Gasteiger partial charge is 0.342 e. The summed E-state index contributed by atoms with van der Waals surface area (Å²) in [4.78, 5) is 37.2. The molecule has 11 nitrogen and oxygen atoms in total. The monoisotopic (exact) mass is 515 g/mol. The highest BCUT2D eigenvalue weighted by Crippen LogP contribution is 2.28. The fourth-order valence-corrected chi connectivity index (χ4v) is 4.10. The van der Waals surface area contributed by atoms with Crippen LogP contribution in [-0.2, 0) is 9.59 Å². The Labute approximate surface area is 216 Å². The molecule has 3 aromatic heterocycles. The second-order valence-corrected chi connectivity index (χ2v) is 8.69. The van der Waals surface area contributed by atoms with Crippen molar-refractivity contribution in [1.82, 2.24) is 40.5 Å². The van der Waals surface area contributed by atoms with Crippen LogP contribution >= 0.6 is 11.6 Å². The normalized spacial score (nSPS) is 15.8. The van der Waals surface area contributed by atoms with E-state index in [0.29, 0.717) is 52.7 Å². The number of nitrogens with one attached hydrogen (secondary N) is 3. The van der Waals surface area contributed by atoms with Crippen molar-refractivity contribution in [3.63, 3.8) is 0 Å². The van der Waals surface area contributed by atoms with E-state index in [2.05, 4.69) is 41.1 Å². The zero-order chi connectivity index (χ0) is 25.6.